The van der Waals surface area contributed by atoms with Gasteiger partial charge in [0.05, 0.1) is 0 Å². The minimum absolute atomic E-state index is 0.103. The van der Waals surface area contributed by atoms with Gasteiger partial charge in [0.25, 0.3) is 5.91 Å². The smallest absolute Gasteiger partial charge is 0.276 e. The molecule has 1 atom stereocenters. The van der Waals surface area contributed by atoms with Gasteiger partial charge < -0.3 is 9.42 Å². The van der Waals surface area contributed by atoms with E-state index in [9.17, 15) is 9.59 Å². The monoisotopic (exact) mass is 376 g/mol. The minimum Gasteiger partial charge on any atom is -0.360 e. The first-order chi connectivity index (χ1) is 13.5. The van der Waals surface area contributed by atoms with Crippen LogP contribution in [-0.4, -0.2) is 34.8 Å². The summed E-state index contributed by atoms with van der Waals surface area (Å²) < 4.78 is 5.26. The van der Waals surface area contributed by atoms with Crippen molar-refractivity contribution < 1.29 is 14.1 Å². The number of hydrogen-bond acceptors (Lipinski definition) is 4. The first kappa shape index (κ1) is 18.4. The molecule has 5 nitrogen and oxygen atoms in total. The Morgan fingerprint density at radius 1 is 1.11 bits per heavy atom. The van der Waals surface area contributed by atoms with Crippen molar-refractivity contribution in [3.63, 3.8) is 0 Å². The molecular weight excluding hydrogens is 352 g/mol. The third kappa shape index (κ3) is 3.57. The van der Waals surface area contributed by atoms with Crippen LogP contribution >= 0.6 is 0 Å². The van der Waals surface area contributed by atoms with E-state index in [0.29, 0.717) is 30.1 Å². The number of hydrogen-bond donors (Lipinski definition) is 0. The van der Waals surface area contributed by atoms with E-state index in [1.807, 2.05) is 56.3 Å². The van der Waals surface area contributed by atoms with Crippen molar-refractivity contribution >= 4 is 22.5 Å². The van der Waals surface area contributed by atoms with Crippen molar-refractivity contribution in [2.45, 2.75) is 32.6 Å². The molecule has 1 aliphatic rings. The fourth-order valence-corrected chi connectivity index (χ4v) is 3.78. The zero-order valence-corrected chi connectivity index (χ0v) is 16.2. The van der Waals surface area contributed by atoms with Crippen LogP contribution in [0, 0.1) is 5.92 Å². The number of carbonyl (C=O) groups excluding carboxylic acids is 2. The SMILES string of the molecule is CC(C)c1cc(C(=O)N2CCC[C@H](C(=O)c3ccc4ccccc4c3)C2)no1. The van der Waals surface area contributed by atoms with Crippen LogP contribution in [0.15, 0.2) is 53.1 Å². The predicted molar refractivity (Wildman–Crippen MR) is 107 cm³/mol. The number of rotatable bonds is 4. The number of amides is 1. The lowest BCUT2D eigenvalue weighted by Crippen LogP contribution is -2.42. The fourth-order valence-electron chi connectivity index (χ4n) is 3.78. The van der Waals surface area contributed by atoms with Gasteiger partial charge in [-0.1, -0.05) is 55.4 Å². The first-order valence-corrected chi connectivity index (χ1v) is 9.82. The van der Waals surface area contributed by atoms with Gasteiger partial charge >= 0.3 is 0 Å². The number of Topliss-reactive ketones (excluding diaryl/α,β-unsaturated/α-hetero) is 1. The summed E-state index contributed by atoms with van der Waals surface area (Å²) in [5, 5.41) is 6.10. The molecule has 0 radical (unpaired) electrons. The maximum Gasteiger partial charge on any atom is 0.276 e. The summed E-state index contributed by atoms with van der Waals surface area (Å²) in [6, 6.07) is 15.5. The summed E-state index contributed by atoms with van der Waals surface area (Å²) in [6.45, 7) is 5.06. The number of nitrogens with zero attached hydrogens (tertiary/aromatic N) is 2. The van der Waals surface area contributed by atoms with Crippen LogP contribution in [0.3, 0.4) is 0 Å². The maximum absolute atomic E-state index is 13.1. The molecule has 1 fully saturated rings. The summed E-state index contributed by atoms with van der Waals surface area (Å²) >= 11 is 0. The molecule has 1 aliphatic heterocycles. The van der Waals surface area contributed by atoms with Crippen LogP contribution in [0.2, 0.25) is 0 Å². The topological polar surface area (TPSA) is 63.4 Å². The number of piperidine rings is 1. The third-order valence-electron chi connectivity index (χ3n) is 5.43. The van der Waals surface area contributed by atoms with E-state index in [2.05, 4.69) is 5.16 Å². The number of benzene rings is 2. The Morgan fingerprint density at radius 3 is 2.64 bits per heavy atom. The van der Waals surface area contributed by atoms with Crippen LogP contribution in [-0.2, 0) is 0 Å². The Morgan fingerprint density at radius 2 is 1.89 bits per heavy atom. The van der Waals surface area contributed by atoms with E-state index in [1.54, 1.807) is 11.0 Å². The highest BCUT2D eigenvalue weighted by atomic mass is 16.5. The summed E-state index contributed by atoms with van der Waals surface area (Å²) in [5.74, 6) is 0.634. The van der Waals surface area contributed by atoms with Gasteiger partial charge in [0.15, 0.2) is 11.5 Å². The molecule has 0 unspecified atom stereocenters. The summed E-state index contributed by atoms with van der Waals surface area (Å²) in [6.07, 6.45) is 1.61. The molecule has 2 heterocycles. The summed E-state index contributed by atoms with van der Waals surface area (Å²) in [7, 11) is 0. The van der Waals surface area contributed by atoms with Crippen molar-refractivity contribution in [3.8, 4) is 0 Å². The van der Waals surface area contributed by atoms with Crippen LogP contribution in [0.4, 0.5) is 0 Å². The lowest BCUT2D eigenvalue weighted by atomic mass is 9.89. The van der Waals surface area contributed by atoms with Crippen molar-refractivity contribution in [1.29, 1.82) is 0 Å². The Balaban J connectivity index is 1.50. The van der Waals surface area contributed by atoms with Gasteiger partial charge in [-0.25, -0.2) is 0 Å². The predicted octanol–water partition coefficient (Wildman–Crippen LogP) is 4.69. The quantitative estimate of drug-likeness (QED) is 0.620. The highest BCUT2D eigenvalue weighted by Gasteiger charge is 2.31. The number of carbonyl (C=O) groups is 2. The molecule has 0 aliphatic carbocycles. The Bertz CT molecular complexity index is 1020. The van der Waals surface area contributed by atoms with Crippen molar-refractivity contribution in [2.75, 3.05) is 13.1 Å². The Hall–Kier alpha value is -2.95. The van der Waals surface area contributed by atoms with Crippen LogP contribution in [0.25, 0.3) is 10.8 Å². The molecule has 0 N–H and O–H groups in total. The van der Waals surface area contributed by atoms with Gasteiger partial charge in [-0.15, -0.1) is 0 Å². The molecule has 5 heteroatoms. The molecule has 0 bridgehead atoms. The Kier molecular flexibility index (Phi) is 4.99. The molecule has 0 saturated carbocycles. The van der Waals surface area contributed by atoms with Crippen LogP contribution in [0.5, 0.6) is 0 Å². The first-order valence-electron chi connectivity index (χ1n) is 9.82. The molecule has 1 aromatic heterocycles. The van der Waals surface area contributed by atoms with E-state index in [0.717, 1.165) is 23.6 Å². The minimum atomic E-state index is -0.185. The maximum atomic E-state index is 13.1. The number of aromatic nitrogens is 1. The second-order valence-corrected chi connectivity index (χ2v) is 7.79. The second kappa shape index (κ2) is 7.58. The third-order valence-corrected chi connectivity index (χ3v) is 5.43. The van der Waals surface area contributed by atoms with Crippen molar-refractivity contribution in [3.05, 3.63) is 65.5 Å². The average Bonchev–Trinajstić information content (AvgIpc) is 3.23. The second-order valence-electron chi connectivity index (χ2n) is 7.79. The molecule has 0 spiro atoms. The van der Waals surface area contributed by atoms with Gasteiger partial charge in [-0.05, 0) is 29.7 Å². The number of ketones is 1. The molecule has 28 heavy (non-hydrogen) atoms. The molecule has 4 rings (SSSR count). The van der Waals surface area contributed by atoms with E-state index in [-0.39, 0.29) is 23.5 Å². The van der Waals surface area contributed by atoms with E-state index < -0.39 is 0 Å². The average molecular weight is 376 g/mol. The van der Waals surface area contributed by atoms with Crippen LogP contribution in [0.1, 0.15) is 59.2 Å². The summed E-state index contributed by atoms with van der Waals surface area (Å²) in [4.78, 5) is 27.6. The fraction of sp³-hybridized carbons (Fsp3) is 0.348. The van der Waals surface area contributed by atoms with Crippen molar-refractivity contribution in [2.24, 2.45) is 5.92 Å². The molecule has 3 aromatic rings. The van der Waals surface area contributed by atoms with Gasteiger partial charge in [0.2, 0.25) is 0 Å². The zero-order valence-electron chi connectivity index (χ0n) is 16.2. The molecule has 144 valence electrons. The summed E-state index contributed by atoms with van der Waals surface area (Å²) in [5.41, 5.74) is 1.03. The largest absolute Gasteiger partial charge is 0.360 e. The van der Waals surface area contributed by atoms with Crippen molar-refractivity contribution in [1.82, 2.24) is 10.1 Å². The van der Waals surface area contributed by atoms with E-state index in [1.165, 1.54) is 0 Å². The highest BCUT2D eigenvalue weighted by Crippen LogP contribution is 2.25. The molecular formula is C23H24N2O3. The molecule has 1 amide bonds. The van der Waals surface area contributed by atoms with Gasteiger partial charge in [0, 0.05) is 36.6 Å². The number of fused-ring (bicyclic) bond motifs is 1. The highest BCUT2D eigenvalue weighted by molar-refractivity contribution is 6.02. The van der Waals surface area contributed by atoms with E-state index in [4.69, 9.17) is 4.52 Å². The standard InChI is InChI=1S/C23H24N2O3/c1-15(2)21-13-20(24-28-21)23(27)25-11-5-8-19(14-25)22(26)18-10-9-16-6-3-4-7-17(16)12-18/h3-4,6-7,9-10,12-13,15,19H,5,8,11,14H2,1-2H3/t19-/m0/s1. The van der Waals surface area contributed by atoms with Gasteiger partial charge in [0.1, 0.15) is 5.76 Å². The lowest BCUT2D eigenvalue weighted by Gasteiger charge is -2.31. The van der Waals surface area contributed by atoms with Crippen LogP contribution < -0.4 is 0 Å². The number of likely N-dealkylation sites (tertiary alicyclic amines) is 1. The zero-order chi connectivity index (χ0) is 19.7. The van der Waals surface area contributed by atoms with Gasteiger partial charge in [-0.3, -0.25) is 9.59 Å². The lowest BCUT2D eigenvalue weighted by molar-refractivity contribution is 0.0628. The Labute approximate surface area is 164 Å². The van der Waals surface area contributed by atoms with Gasteiger partial charge in [-0.2, -0.15) is 0 Å². The van der Waals surface area contributed by atoms with E-state index >= 15 is 0 Å². The normalized spacial score (nSPS) is 17.2. The molecule has 1 saturated heterocycles. The molecule has 2 aromatic carbocycles.